The van der Waals surface area contributed by atoms with Crippen LogP contribution in [0.1, 0.15) is 10.4 Å². The van der Waals surface area contributed by atoms with E-state index in [1.54, 1.807) is 6.07 Å². The van der Waals surface area contributed by atoms with Gasteiger partial charge in [-0.3, -0.25) is 4.79 Å². The van der Waals surface area contributed by atoms with E-state index in [4.69, 9.17) is 39.5 Å². The first kappa shape index (κ1) is 16.3. The van der Waals surface area contributed by atoms with Gasteiger partial charge in [0, 0.05) is 24.8 Å². The van der Waals surface area contributed by atoms with Crippen molar-refractivity contribution in [1.82, 2.24) is 15.3 Å². The summed E-state index contributed by atoms with van der Waals surface area (Å²) in [6, 6.07) is 4.50. The molecule has 2 N–H and O–H groups in total. The highest BCUT2D eigenvalue weighted by molar-refractivity contribution is 6.41. The largest absolute Gasteiger partial charge is 0.470 e. The first-order chi connectivity index (χ1) is 11.0. The van der Waals surface area contributed by atoms with Crippen molar-refractivity contribution in [2.24, 2.45) is 0 Å². The Morgan fingerprint density at radius 1 is 1.30 bits per heavy atom. The number of amides is 1. The molecule has 2 aromatic heterocycles. The van der Waals surface area contributed by atoms with Crippen LogP contribution in [0.3, 0.4) is 0 Å². The van der Waals surface area contributed by atoms with Crippen LogP contribution in [0.4, 0.5) is 5.69 Å². The fourth-order valence-electron chi connectivity index (χ4n) is 1.87. The monoisotopic (exact) mass is 372 g/mol. The summed E-state index contributed by atoms with van der Waals surface area (Å²) in [6.07, 6.45) is 1.42. The van der Waals surface area contributed by atoms with Crippen LogP contribution in [0, 0.1) is 0 Å². The third-order valence-corrected chi connectivity index (χ3v) is 4.04. The highest BCUT2D eigenvalue weighted by Gasteiger charge is 2.22. The van der Waals surface area contributed by atoms with Gasteiger partial charge in [-0.1, -0.05) is 34.8 Å². The van der Waals surface area contributed by atoms with E-state index in [0.29, 0.717) is 24.3 Å². The zero-order chi connectivity index (χ0) is 16.4. The van der Waals surface area contributed by atoms with Crippen molar-refractivity contribution in [2.45, 2.75) is 6.10 Å². The highest BCUT2D eigenvalue weighted by Crippen LogP contribution is 2.32. The summed E-state index contributed by atoms with van der Waals surface area (Å²) in [4.78, 5) is 20.2. The predicted octanol–water partition coefficient (Wildman–Crippen LogP) is 3.04. The van der Waals surface area contributed by atoms with E-state index in [9.17, 15) is 4.79 Å². The van der Waals surface area contributed by atoms with Gasteiger partial charge in [0.2, 0.25) is 5.88 Å². The SMILES string of the molecule is O=C(Nc1cc(Cl)c(Cl)nc1OC1CNC1)c1ccnc(Cl)c1. The minimum Gasteiger partial charge on any atom is -0.470 e. The van der Waals surface area contributed by atoms with Crippen molar-refractivity contribution in [3.63, 3.8) is 0 Å². The Morgan fingerprint density at radius 2 is 2.09 bits per heavy atom. The first-order valence-corrected chi connectivity index (χ1v) is 7.82. The van der Waals surface area contributed by atoms with Crippen LogP contribution in [-0.4, -0.2) is 35.1 Å². The Hall–Kier alpha value is -1.60. The van der Waals surface area contributed by atoms with Gasteiger partial charge in [-0.2, -0.15) is 4.98 Å². The van der Waals surface area contributed by atoms with Crippen LogP contribution in [-0.2, 0) is 0 Å². The number of hydrogen-bond acceptors (Lipinski definition) is 5. The standard InChI is InChI=1S/C14H11Cl3N4O2/c15-9-4-10(14(21-12(9)17)23-8-5-18-6-8)20-13(22)7-1-2-19-11(16)3-7/h1-4,8,18H,5-6H2,(H,20,22). The fraction of sp³-hybridized carbons (Fsp3) is 0.214. The van der Waals surface area contributed by atoms with Crippen LogP contribution in [0.5, 0.6) is 5.88 Å². The number of pyridine rings is 2. The molecule has 120 valence electrons. The van der Waals surface area contributed by atoms with E-state index in [1.807, 2.05) is 0 Å². The van der Waals surface area contributed by atoms with Gasteiger partial charge in [-0.05, 0) is 18.2 Å². The minimum absolute atomic E-state index is 0.0224. The molecule has 0 aromatic carbocycles. The van der Waals surface area contributed by atoms with Crippen LogP contribution in [0.15, 0.2) is 24.4 Å². The van der Waals surface area contributed by atoms with E-state index >= 15 is 0 Å². The molecule has 1 amide bonds. The van der Waals surface area contributed by atoms with Crippen molar-refractivity contribution < 1.29 is 9.53 Å². The van der Waals surface area contributed by atoms with Crippen molar-refractivity contribution in [1.29, 1.82) is 0 Å². The Kier molecular flexibility index (Phi) is 4.87. The molecule has 1 saturated heterocycles. The van der Waals surface area contributed by atoms with Gasteiger partial charge in [0.1, 0.15) is 16.9 Å². The van der Waals surface area contributed by atoms with E-state index < -0.39 is 0 Å². The van der Waals surface area contributed by atoms with Gasteiger partial charge in [0.05, 0.1) is 5.02 Å². The molecule has 0 unspecified atom stereocenters. The average molecular weight is 374 g/mol. The summed E-state index contributed by atoms with van der Waals surface area (Å²) < 4.78 is 5.71. The third-order valence-electron chi connectivity index (χ3n) is 3.16. The second-order valence-electron chi connectivity index (χ2n) is 4.83. The zero-order valence-electron chi connectivity index (χ0n) is 11.6. The number of carbonyl (C=O) groups is 1. The van der Waals surface area contributed by atoms with Crippen molar-refractivity contribution in [3.8, 4) is 5.88 Å². The molecule has 9 heteroatoms. The number of halogens is 3. The number of hydrogen-bond donors (Lipinski definition) is 2. The molecule has 0 radical (unpaired) electrons. The Balaban J connectivity index is 1.85. The molecule has 23 heavy (non-hydrogen) atoms. The van der Waals surface area contributed by atoms with Crippen LogP contribution < -0.4 is 15.4 Å². The van der Waals surface area contributed by atoms with Gasteiger partial charge in [-0.15, -0.1) is 0 Å². The smallest absolute Gasteiger partial charge is 0.255 e. The molecule has 0 saturated carbocycles. The van der Waals surface area contributed by atoms with E-state index in [0.717, 1.165) is 0 Å². The number of nitrogens with zero attached hydrogens (tertiary/aromatic N) is 2. The lowest BCUT2D eigenvalue weighted by Crippen LogP contribution is -2.50. The maximum atomic E-state index is 12.3. The predicted molar refractivity (Wildman–Crippen MR) is 88.7 cm³/mol. The topological polar surface area (TPSA) is 76.1 Å². The fourth-order valence-corrected chi connectivity index (χ4v) is 2.33. The van der Waals surface area contributed by atoms with E-state index in [1.165, 1.54) is 18.3 Å². The third kappa shape index (κ3) is 3.84. The van der Waals surface area contributed by atoms with E-state index in [-0.39, 0.29) is 33.2 Å². The summed E-state index contributed by atoms with van der Waals surface area (Å²) >= 11 is 17.7. The van der Waals surface area contributed by atoms with Crippen molar-refractivity contribution >= 4 is 46.4 Å². The molecule has 2 aromatic rings. The minimum atomic E-state index is -0.383. The molecule has 0 spiro atoms. The summed E-state index contributed by atoms with van der Waals surface area (Å²) in [5.74, 6) is -0.162. The van der Waals surface area contributed by atoms with Gasteiger partial charge < -0.3 is 15.4 Å². The Morgan fingerprint density at radius 3 is 2.74 bits per heavy atom. The highest BCUT2D eigenvalue weighted by atomic mass is 35.5. The molecule has 1 aliphatic rings. The molecule has 1 aliphatic heterocycles. The Bertz CT molecular complexity index is 753. The van der Waals surface area contributed by atoms with Gasteiger partial charge >= 0.3 is 0 Å². The number of carbonyl (C=O) groups excluding carboxylic acids is 1. The summed E-state index contributed by atoms with van der Waals surface area (Å²) in [7, 11) is 0. The number of nitrogens with one attached hydrogen (secondary N) is 2. The van der Waals surface area contributed by atoms with Gasteiger partial charge in [-0.25, -0.2) is 4.98 Å². The maximum Gasteiger partial charge on any atom is 0.255 e. The zero-order valence-corrected chi connectivity index (χ0v) is 13.9. The van der Waals surface area contributed by atoms with Crippen LogP contribution >= 0.6 is 34.8 Å². The summed E-state index contributed by atoms with van der Waals surface area (Å²) in [5, 5.41) is 6.33. The molecule has 0 atom stereocenters. The molecule has 3 rings (SSSR count). The van der Waals surface area contributed by atoms with Crippen molar-refractivity contribution in [3.05, 3.63) is 45.3 Å². The lowest BCUT2D eigenvalue weighted by Gasteiger charge is -2.28. The molecule has 1 fully saturated rings. The molecular weight excluding hydrogens is 363 g/mol. The second kappa shape index (κ2) is 6.88. The quantitative estimate of drug-likeness (QED) is 0.806. The lowest BCUT2D eigenvalue weighted by molar-refractivity contribution is 0.102. The van der Waals surface area contributed by atoms with Crippen LogP contribution in [0.25, 0.3) is 0 Å². The number of aromatic nitrogens is 2. The van der Waals surface area contributed by atoms with E-state index in [2.05, 4.69) is 20.6 Å². The molecular formula is C14H11Cl3N4O2. The molecule has 3 heterocycles. The molecule has 0 bridgehead atoms. The molecule has 6 nitrogen and oxygen atoms in total. The lowest BCUT2D eigenvalue weighted by atomic mass is 10.2. The van der Waals surface area contributed by atoms with Gasteiger partial charge in [0.15, 0.2) is 5.15 Å². The second-order valence-corrected chi connectivity index (χ2v) is 5.99. The number of anilines is 1. The summed E-state index contributed by atoms with van der Waals surface area (Å²) in [6.45, 7) is 1.41. The molecule has 0 aliphatic carbocycles. The number of rotatable bonds is 4. The number of ether oxygens (including phenoxy) is 1. The van der Waals surface area contributed by atoms with Crippen molar-refractivity contribution in [2.75, 3.05) is 18.4 Å². The van der Waals surface area contributed by atoms with Gasteiger partial charge in [0.25, 0.3) is 5.91 Å². The normalized spacial score (nSPS) is 14.2. The first-order valence-electron chi connectivity index (χ1n) is 6.69. The summed E-state index contributed by atoms with van der Waals surface area (Å²) in [5.41, 5.74) is 0.691. The average Bonchev–Trinajstić information content (AvgIpc) is 2.47. The maximum absolute atomic E-state index is 12.3. The van der Waals surface area contributed by atoms with Crippen LogP contribution in [0.2, 0.25) is 15.3 Å². The Labute approximate surface area is 147 Å².